The zero-order chi connectivity index (χ0) is 21.8. The van der Waals surface area contributed by atoms with Crippen molar-refractivity contribution in [3.8, 4) is 0 Å². The molecule has 0 saturated heterocycles. The maximum atomic E-state index is 6.37. The molecule has 3 unspecified atom stereocenters. The van der Waals surface area contributed by atoms with Gasteiger partial charge in [0.2, 0.25) is 0 Å². The summed E-state index contributed by atoms with van der Waals surface area (Å²) in [6, 6.07) is 23.5. The molecule has 0 amide bonds. The van der Waals surface area contributed by atoms with Crippen LogP contribution in [0.3, 0.4) is 0 Å². The van der Waals surface area contributed by atoms with E-state index in [0.717, 1.165) is 29.7 Å². The minimum atomic E-state index is 0.308. The molecule has 0 radical (unpaired) electrons. The van der Waals surface area contributed by atoms with E-state index in [-0.39, 0.29) is 0 Å². The highest BCUT2D eigenvalue weighted by Gasteiger charge is 2.30. The summed E-state index contributed by atoms with van der Waals surface area (Å²) in [5.41, 5.74) is 4.58. The van der Waals surface area contributed by atoms with Gasteiger partial charge in [0.1, 0.15) is 5.01 Å². The molecule has 2 heterocycles. The second kappa shape index (κ2) is 9.93. The van der Waals surface area contributed by atoms with Gasteiger partial charge in [-0.25, -0.2) is 4.98 Å². The molecule has 32 heavy (non-hydrogen) atoms. The van der Waals surface area contributed by atoms with E-state index in [1.54, 1.807) is 0 Å². The van der Waals surface area contributed by atoms with Crippen LogP contribution < -0.4 is 0 Å². The summed E-state index contributed by atoms with van der Waals surface area (Å²) in [5.74, 6) is 0.992. The molecule has 3 atom stereocenters. The number of rotatable bonds is 6. The van der Waals surface area contributed by atoms with Gasteiger partial charge in [0.15, 0.2) is 0 Å². The largest absolute Gasteiger partial charge is 0.372 e. The monoisotopic (exact) mass is 442 g/mol. The fraction of sp³-hybridized carbons (Fsp3) is 0.357. The molecule has 0 spiro atoms. The van der Waals surface area contributed by atoms with Crippen LogP contribution in [-0.2, 0) is 11.3 Å². The predicted molar refractivity (Wildman–Crippen MR) is 132 cm³/mol. The van der Waals surface area contributed by atoms with Crippen LogP contribution in [0.2, 0.25) is 0 Å². The van der Waals surface area contributed by atoms with E-state index in [1.165, 1.54) is 35.2 Å². The third-order valence-corrected chi connectivity index (χ3v) is 7.66. The molecule has 1 saturated carbocycles. The van der Waals surface area contributed by atoms with Gasteiger partial charge in [-0.15, -0.1) is 11.3 Å². The van der Waals surface area contributed by atoms with Crippen molar-refractivity contribution >= 4 is 22.2 Å². The smallest absolute Gasteiger partial charge is 0.101 e. The third kappa shape index (κ3) is 4.92. The van der Waals surface area contributed by atoms with Gasteiger partial charge in [-0.1, -0.05) is 61.0 Å². The number of hydrogen-bond donors (Lipinski definition) is 0. The number of benzene rings is 2. The van der Waals surface area contributed by atoms with E-state index >= 15 is 0 Å². The Morgan fingerprint density at radius 1 is 0.906 bits per heavy atom. The lowest BCUT2D eigenvalue weighted by Gasteiger charge is -2.25. The van der Waals surface area contributed by atoms with E-state index in [2.05, 4.69) is 73.0 Å². The number of pyridine rings is 1. The van der Waals surface area contributed by atoms with Gasteiger partial charge in [0.05, 0.1) is 23.9 Å². The van der Waals surface area contributed by atoms with Gasteiger partial charge in [-0.3, -0.25) is 4.98 Å². The first kappa shape index (κ1) is 21.3. The molecule has 1 aliphatic rings. The van der Waals surface area contributed by atoms with Crippen molar-refractivity contribution in [2.45, 2.75) is 57.7 Å². The number of ether oxygens (including phenoxy) is 1. The molecular formula is C28H30N2OS. The fourth-order valence-corrected chi connectivity index (χ4v) is 6.00. The second-order valence-corrected chi connectivity index (χ2v) is 9.80. The lowest BCUT2D eigenvalue weighted by Crippen LogP contribution is -2.16. The first-order valence-electron chi connectivity index (χ1n) is 11.7. The summed E-state index contributed by atoms with van der Waals surface area (Å²) >= 11 is 1.81. The first-order valence-corrected chi connectivity index (χ1v) is 12.6. The molecule has 5 rings (SSSR count). The summed E-state index contributed by atoms with van der Waals surface area (Å²) in [7, 11) is 0. The molecule has 3 nitrogen and oxygen atoms in total. The molecule has 1 fully saturated rings. The number of aryl methyl sites for hydroxylation is 1. The minimum absolute atomic E-state index is 0.308. The quantitative estimate of drug-likeness (QED) is 0.294. The van der Waals surface area contributed by atoms with E-state index in [0.29, 0.717) is 24.5 Å². The fourth-order valence-electron chi connectivity index (χ4n) is 4.98. The molecule has 0 bridgehead atoms. The molecular weight excluding hydrogens is 412 g/mol. The second-order valence-electron chi connectivity index (χ2n) is 8.91. The predicted octanol–water partition coefficient (Wildman–Crippen LogP) is 7.30. The number of thiazole rings is 1. The summed E-state index contributed by atoms with van der Waals surface area (Å²) in [6.07, 6.45) is 6.14. The number of para-hydroxylation sites is 1. The van der Waals surface area contributed by atoms with Crippen LogP contribution in [0.25, 0.3) is 10.9 Å². The van der Waals surface area contributed by atoms with Crippen LogP contribution in [0.4, 0.5) is 0 Å². The number of nitrogens with zero attached hydrogens (tertiary/aromatic N) is 2. The molecule has 1 aliphatic carbocycles. The van der Waals surface area contributed by atoms with Crippen LogP contribution in [-0.4, -0.2) is 16.1 Å². The Balaban J connectivity index is 1.26. The number of fused-ring (bicyclic) bond motifs is 1. The van der Waals surface area contributed by atoms with Crippen molar-refractivity contribution in [3.05, 3.63) is 94.1 Å². The van der Waals surface area contributed by atoms with Crippen molar-refractivity contribution in [2.24, 2.45) is 5.92 Å². The zero-order valence-corrected chi connectivity index (χ0v) is 19.4. The van der Waals surface area contributed by atoms with Crippen LogP contribution >= 0.6 is 11.3 Å². The first-order chi connectivity index (χ1) is 15.8. The average Bonchev–Trinajstić information content (AvgIpc) is 3.12. The van der Waals surface area contributed by atoms with Crippen molar-refractivity contribution < 1.29 is 4.74 Å². The van der Waals surface area contributed by atoms with E-state index in [9.17, 15) is 0 Å². The van der Waals surface area contributed by atoms with Crippen molar-refractivity contribution in [1.82, 2.24) is 9.97 Å². The Morgan fingerprint density at radius 2 is 1.75 bits per heavy atom. The van der Waals surface area contributed by atoms with Gasteiger partial charge in [-0.05, 0) is 56.2 Å². The Morgan fingerprint density at radius 3 is 2.59 bits per heavy atom. The van der Waals surface area contributed by atoms with Crippen molar-refractivity contribution in [2.75, 3.05) is 0 Å². The number of hydrogen-bond acceptors (Lipinski definition) is 4. The van der Waals surface area contributed by atoms with Crippen molar-refractivity contribution in [3.63, 3.8) is 0 Å². The van der Waals surface area contributed by atoms with Crippen LogP contribution in [0.1, 0.15) is 60.0 Å². The van der Waals surface area contributed by atoms with E-state index in [4.69, 9.17) is 14.7 Å². The number of aromatic nitrogens is 2. The highest BCUT2D eigenvalue weighted by molar-refractivity contribution is 7.09. The Hall–Kier alpha value is -2.56. The normalized spacial score (nSPS) is 20.2. The lowest BCUT2D eigenvalue weighted by atomic mass is 9.81. The SMILES string of the molecule is Cc1csc(C(c2ccccc2)C2CCCC(OCc3ccc4ccccc4n3)CC2)n1. The maximum Gasteiger partial charge on any atom is 0.101 e. The van der Waals surface area contributed by atoms with Gasteiger partial charge in [-0.2, -0.15) is 0 Å². The van der Waals surface area contributed by atoms with Gasteiger partial charge >= 0.3 is 0 Å². The van der Waals surface area contributed by atoms with E-state index < -0.39 is 0 Å². The minimum Gasteiger partial charge on any atom is -0.372 e. The lowest BCUT2D eigenvalue weighted by molar-refractivity contribution is 0.0285. The Labute approximate surface area is 194 Å². The Bertz CT molecular complexity index is 1160. The summed E-state index contributed by atoms with van der Waals surface area (Å²) in [4.78, 5) is 9.67. The average molecular weight is 443 g/mol. The highest BCUT2D eigenvalue weighted by Crippen LogP contribution is 2.41. The van der Waals surface area contributed by atoms with Crippen LogP contribution in [0.15, 0.2) is 72.1 Å². The van der Waals surface area contributed by atoms with Crippen LogP contribution in [0.5, 0.6) is 0 Å². The molecule has 0 N–H and O–H groups in total. The van der Waals surface area contributed by atoms with Gasteiger partial charge in [0.25, 0.3) is 0 Å². The molecule has 2 aromatic heterocycles. The summed E-state index contributed by atoms with van der Waals surface area (Å²) in [6.45, 7) is 2.69. The summed E-state index contributed by atoms with van der Waals surface area (Å²) < 4.78 is 6.37. The third-order valence-electron chi connectivity index (χ3n) is 6.62. The maximum absolute atomic E-state index is 6.37. The molecule has 2 aromatic carbocycles. The molecule has 0 aliphatic heterocycles. The zero-order valence-electron chi connectivity index (χ0n) is 18.6. The Kier molecular flexibility index (Phi) is 6.61. The van der Waals surface area contributed by atoms with E-state index in [1.807, 2.05) is 17.4 Å². The summed E-state index contributed by atoms with van der Waals surface area (Å²) in [5, 5.41) is 4.63. The molecule has 4 aromatic rings. The van der Waals surface area contributed by atoms with Gasteiger partial charge in [0, 0.05) is 22.4 Å². The van der Waals surface area contributed by atoms with Crippen molar-refractivity contribution in [1.29, 1.82) is 0 Å². The highest BCUT2D eigenvalue weighted by atomic mass is 32.1. The topological polar surface area (TPSA) is 35.0 Å². The molecule has 164 valence electrons. The molecule has 4 heteroatoms. The van der Waals surface area contributed by atoms with Crippen LogP contribution in [0, 0.1) is 12.8 Å². The standard InChI is InChI=1S/C28H30N2OS/c1-20-19-32-28(29-20)27(22-9-3-2-4-10-22)23-11-7-12-25(17-15-23)31-18-24-16-14-21-8-5-6-13-26(21)30-24/h2-6,8-10,13-14,16,19,23,25,27H,7,11-12,15,17-18H2,1H3. The van der Waals surface area contributed by atoms with Gasteiger partial charge < -0.3 is 4.74 Å².